The van der Waals surface area contributed by atoms with E-state index in [9.17, 15) is 0 Å². The second kappa shape index (κ2) is 14.5. The van der Waals surface area contributed by atoms with Crippen LogP contribution in [0.15, 0.2) is 192 Å². The fourth-order valence-electron chi connectivity index (χ4n) is 7.17. The summed E-state index contributed by atoms with van der Waals surface area (Å²) in [7, 11) is 0. The summed E-state index contributed by atoms with van der Waals surface area (Å²) in [6.07, 6.45) is 1.91. The Labute approximate surface area is 332 Å². The average molecular weight is 895 g/mol. The van der Waals surface area contributed by atoms with Gasteiger partial charge in [0.05, 0.1) is 0 Å². The Hall–Kier alpha value is -5.91. The predicted octanol–water partition coefficient (Wildman–Crippen LogP) is 12.4. The molecule has 7 heteroatoms. The quantitative estimate of drug-likeness (QED) is 0.118. The number of pyridine rings is 1. The van der Waals surface area contributed by atoms with Crippen molar-refractivity contribution in [3.63, 3.8) is 0 Å². The summed E-state index contributed by atoms with van der Waals surface area (Å²) in [5.41, 5.74) is 10.6. The second-order valence-corrected chi connectivity index (χ2v) is 13.9. The van der Waals surface area contributed by atoms with Crippen molar-refractivity contribution in [3.05, 3.63) is 194 Å². The van der Waals surface area contributed by atoms with Crippen LogP contribution in [-0.4, -0.2) is 14.5 Å². The minimum absolute atomic E-state index is 0. The number of benzene rings is 7. The van der Waals surface area contributed by atoms with Crippen LogP contribution in [0.5, 0.6) is 0 Å². The van der Waals surface area contributed by atoms with Crippen molar-refractivity contribution in [2.45, 2.75) is 9.79 Å². The van der Waals surface area contributed by atoms with Crippen molar-refractivity contribution in [1.82, 2.24) is 9.55 Å². The number of nitrogens with zero attached hydrogens (tertiary/aromatic N) is 4. The zero-order valence-electron chi connectivity index (χ0n) is 28.8. The predicted molar refractivity (Wildman–Crippen MR) is 217 cm³/mol. The molecule has 0 fully saturated rings. The molecule has 1 aliphatic rings. The molecule has 2 aromatic heterocycles. The smallest absolute Gasteiger partial charge is 0.148 e. The van der Waals surface area contributed by atoms with Gasteiger partial charge in [-0.05, 0) is 70.1 Å². The molecule has 54 heavy (non-hydrogen) atoms. The molecule has 3 heterocycles. The summed E-state index contributed by atoms with van der Waals surface area (Å²) < 4.78 is 2.24. The van der Waals surface area contributed by atoms with Gasteiger partial charge in [-0.2, -0.15) is 29.2 Å². The Morgan fingerprint density at radius 3 is 2.00 bits per heavy atom. The van der Waals surface area contributed by atoms with Crippen LogP contribution in [0.1, 0.15) is 0 Å². The summed E-state index contributed by atoms with van der Waals surface area (Å²) in [6.45, 7) is 0. The van der Waals surface area contributed by atoms with E-state index < -0.39 is 0 Å². The molecule has 0 spiro atoms. The van der Waals surface area contributed by atoms with Crippen molar-refractivity contribution in [2.24, 2.45) is 0 Å². The molecule has 9 aromatic rings. The monoisotopic (exact) mass is 894 g/mol. The van der Waals surface area contributed by atoms with Crippen LogP contribution >= 0.6 is 11.8 Å². The fourth-order valence-corrected chi connectivity index (χ4v) is 7.99. The summed E-state index contributed by atoms with van der Waals surface area (Å²) in [6, 6.07) is 68.4. The first-order valence-corrected chi connectivity index (χ1v) is 18.3. The summed E-state index contributed by atoms with van der Waals surface area (Å²) in [5.74, 6) is 0.848. The molecule has 0 amide bonds. The first-order chi connectivity index (χ1) is 26.3. The zero-order chi connectivity index (χ0) is 35.1. The molecule has 5 nitrogen and oxygen atoms in total. The van der Waals surface area contributed by atoms with E-state index in [-0.39, 0.29) is 21.1 Å². The van der Waals surface area contributed by atoms with Crippen molar-refractivity contribution < 1.29 is 26.0 Å². The first kappa shape index (κ1) is 33.9. The van der Waals surface area contributed by atoms with E-state index in [0.29, 0.717) is 0 Å². The van der Waals surface area contributed by atoms with Gasteiger partial charge < -0.3 is 4.57 Å². The molecule has 1 N–H and O–H groups in total. The number of fused-ring (bicyclic) bond motifs is 4. The molecule has 0 saturated carbocycles. The summed E-state index contributed by atoms with van der Waals surface area (Å²) in [4.78, 5) is 11.9. The molecule has 10 rings (SSSR count). The van der Waals surface area contributed by atoms with Crippen LogP contribution in [0.4, 0.5) is 22.7 Å². The normalized spacial score (nSPS) is 12.2. The number of hydrogen-bond acceptors (Lipinski definition) is 4. The van der Waals surface area contributed by atoms with Crippen molar-refractivity contribution in [2.75, 3.05) is 10.1 Å². The van der Waals surface area contributed by atoms with Crippen LogP contribution in [0.25, 0.3) is 49.9 Å². The van der Waals surface area contributed by atoms with Gasteiger partial charge in [0, 0.05) is 38.5 Å². The fraction of sp³-hybridized carbons (Fsp3) is 0. The molecule has 0 atom stereocenters. The largest absolute Gasteiger partial charge is 0.319 e. The van der Waals surface area contributed by atoms with E-state index in [0.717, 1.165) is 71.3 Å². The molecule has 262 valence electrons. The van der Waals surface area contributed by atoms with Crippen LogP contribution in [0, 0.1) is 12.1 Å². The average Bonchev–Trinajstić information content (AvgIpc) is 3.78. The number of para-hydroxylation sites is 4. The minimum Gasteiger partial charge on any atom is -0.319 e. The van der Waals surface area contributed by atoms with Crippen molar-refractivity contribution >= 4 is 56.3 Å². The van der Waals surface area contributed by atoms with Gasteiger partial charge in [0.2, 0.25) is 0 Å². The van der Waals surface area contributed by atoms with Gasteiger partial charge in [-0.15, -0.1) is 50.2 Å². The van der Waals surface area contributed by atoms with E-state index in [1.807, 2.05) is 46.7 Å². The van der Waals surface area contributed by atoms with Crippen LogP contribution in [0.3, 0.4) is 0 Å². The zero-order valence-corrected chi connectivity index (χ0v) is 31.9. The van der Waals surface area contributed by atoms with E-state index in [4.69, 9.17) is 9.92 Å². The molecular weight excluding hydrogens is 864 g/mol. The molecule has 0 saturated heterocycles. The molecule has 0 aliphatic carbocycles. The second-order valence-electron chi connectivity index (χ2n) is 12.8. The maximum absolute atomic E-state index is 5.01. The molecule has 0 unspecified atom stereocenters. The van der Waals surface area contributed by atoms with E-state index >= 15 is 0 Å². The van der Waals surface area contributed by atoms with Gasteiger partial charge in [-0.1, -0.05) is 114 Å². The standard InChI is InChI=1S/C47H30N4OS.Pt/c1-3-14-33(15-4-1)39-20-7-8-21-40(39)34-28-29-48-47(30-34)49-43-23-10-9-22-41(43)42-27-26-38(32-46(42)49)53-37-19-13-18-36(31-37)51-45-25-12-11-24-44(45)50(52-51)35-16-5-2-6-17-35;/h1-30H;/q-2;/p+1. The number of aromatic nitrogens is 2. The third-order valence-electron chi connectivity index (χ3n) is 9.57. The molecule has 0 radical (unpaired) electrons. The number of hydrogen-bond donors (Lipinski definition) is 0. The number of rotatable bonds is 7. The Kier molecular flexibility index (Phi) is 9.09. The Bertz CT molecular complexity index is 2770. The molecule has 0 bridgehead atoms. The van der Waals surface area contributed by atoms with Crippen molar-refractivity contribution in [3.8, 4) is 28.1 Å². The Balaban J connectivity index is 0.00000384. The molecular formula is C47H31N4OPtS-. The first-order valence-electron chi connectivity index (χ1n) is 17.5. The SMILES string of the molecule is [Pt].[c-]1c(Sc2[c-]c3c(cc2)c2ccccc2n3-c2cc(-c3ccccc3-c3ccccc3)ccn2)cccc1N1[OH+]N(c2ccccc2)c2ccccc21. The molecule has 7 aromatic carbocycles. The van der Waals surface area contributed by atoms with Gasteiger partial charge in [0.1, 0.15) is 22.9 Å². The van der Waals surface area contributed by atoms with Crippen molar-refractivity contribution in [1.29, 1.82) is 0 Å². The maximum Gasteiger partial charge on any atom is 0.148 e. The van der Waals surface area contributed by atoms with E-state index in [1.165, 1.54) is 11.1 Å². The maximum atomic E-state index is 5.01. The van der Waals surface area contributed by atoms with E-state index in [2.05, 4.69) is 162 Å². The third-order valence-corrected chi connectivity index (χ3v) is 10.5. The van der Waals surface area contributed by atoms with Gasteiger partial charge in [0.25, 0.3) is 0 Å². The van der Waals surface area contributed by atoms with Crippen LogP contribution in [-0.2, 0) is 21.1 Å². The topological polar surface area (TPSA) is 37.1 Å². The Morgan fingerprint density at radius 1 is 0.519 bits per heavy atom. The van der Waals surface area contributed by atoms with Crippen LogP contribution in [0.2, 0.25) is 0 Å². The molecule has 1 aliphatic heterocycles. The summed E-state index contributed by atoms with van der Waals surface area (Å²) >= 11 is 1.64. The third kappa shape index (κ3) is 6.08. The number of anilines is 4. The van der Waals surface area contributed by atoms with E-state index in [1.54, 1.807) is 11.8 Å². The van der Waals surface area contributed by atoms with Crippen LogP contribution < -0.4 is 10.1 Å². The van der Waals surface area contributed by atoms with Gasteiger partial charge in [-0.25, -0.2) is 4.98 Å². The minimum atomic E-state index is 0. The van der Waals surface area contributed by atoms with Gasteiger partial charge in [0.15, 0.2) is 0 Å². The Morgan fingerprint density at radius 2 is 1.19 bits per heavy atom. The van der Waals surface area contributed by atoms with Gasteiger partial charge in [-0.3, -0.25) is 0 Å². The summed E-state index contributed by atoms with van der Waals surface area (Å²) in [5, 5.41) is 6.24. The van der Waals surface area contributed by atoms with Gasteiger partial charge >= 0.3 is 0 Å².